The molecule has 4 aliphatic heterocycles. The fourth-order valence-electron chi connectivity index (χ4n) is 7.74. The van der Waals surface area contributed by atoms with E-state index >= 15 is 0 Å². The average molecular weight is 767 g/mol. The second-order valence-corrected chi connectivity index (χ2v) is 16.2. The maximum atomic E-state index is 12.9. The van der Waals surface area contributed by atoms with Gasteiger partial charge in [-0.05, 0) is 76.9 Å². The molecule has 0 saturated carbocycles. The van der Waals surface area contributed by atoms with Gasteiger partial charge in [-0.15, -0.1) is 0 Å². The minimum Gasteiger partial charge on any atom is -0.485 e. The molecule has 0 aliphatic carbocycles. The number of nitriles is 2. The predicted octanol–water partition coefficient (Wildman–Crippen LogP) is 4.72. The summed E-state index contributed by atoms with van der Waals surface area (Å²) in [4.78, 5) is 39.6. The van der Waals surface area contributed by atoms with Crippen molar-refractivity contribution in [3.63, 3.8) is 0 Å². The Hall–Kier alpha value is -4.05. The van der Waals surface area contributed by atoms with E-state index in [-0.39, 0.29) is 51.5 Å². The fraction of sp³-hybridized carbons (Fsp3) is 0.579. The van der Waals surface area contributed by atoms with Crippen LogP contribution in [-0.2, 0) is 37.4 Å². The van der Waals surface area contributed by atoms with E-state index in [1.54, 1.807) is 46.2 Å². The number of rotatable bonds is 15. The van der Waals surface area contributed by atoms with Crippen molar-refractivity contribution in [3.05, 3.63) is 58.7 Å². The SMILES string of the molecule is CC1(C)Oc2ccc(C#N)cc2C(N2CCCC2=O)C1OCCOCCOP(=O)(O)OCCOC1C(N2CCCC2=O)c2cc(C#N)ccc2OC1(C)C. The maximum absolute atomic E-state index is 12.9. The highest BCUT2D eigenvalue weighted by Gasteiger charge is 2.50. The highest BCUT2D eigenvalue weighted by molar-refractivity contribution is 7.47. The highest BCUT2D eigenvalue weighted by Crippen LogP contribution is 2.48. The van der Waals surface area contributed by atoms with Crippen molar-refractivity contribution in [3.8, 4) is 23.6 Å². The third-order valence-electron chi connectivity index (χ3n) is 10.1. The summed E-state index contributed by atoms with van der Waals surface area (Å²) in [6.07, 6.45) is 1.08. The molecule has 2 saturated heterocycles. The van der Waals surface area contributed by atoms with E-state index in [0.29, 0.717) is 60.5 Å². The van der Waals surface area contributed by atoms with Crippen molar-refractivity contribution in [1.29, 1.82) is 10.5 Å². The number of carbonyl (C=O) groups is 2. The third-order valence-corrected chi connectivity index (χ3v) is 11.2. The van der Waals surface area contributed by atoms with Gasteiger partial charge in [0.2, 0.25) is 11.8 Å². The van der Waals surface area contributed by atoms with Gasteiger partial charge in [0.15, 0.2) is 0 Å². The summed E-state index contributed by atoms with van der Waals surface area (Å²) in [6.45, 7) is 8.23. The quantitative estimate of drug-likeness (QED) is 0.194. The summed E-state index contributed by atoms with van der Waals surface area (Å²) >= 11 is 0. The molecule has 2 fully saturated rings. The first-order valence-electron chi connectivity index (χ1n) is 18.2. The zero-order valence-electron chi connectivity index (χ0n) is 31.0. The molecule has 54 heavy (non-hydrogen) atoms. The number of hydrogen-bond donors (Lipinski definition) is 1. The smallest absolute Gasteiger partial charge is 0.472 e. The Kier molecular flexibility index (Phi) is 12.0. The van der Waals surface area contributed by atoms with Gasteiger partial charge in [0.1, 0.15) is 34.9 Å². The molecule has 2 aromatic carbocycles. The molecular weight excluding hydrogens is 719 g/mol. The van der Waals surface area contributed by atoms with Crippen molar-refractivity contribution in [2.45, 2.75) is 88.9 Å². The molecule has 0 spiro atoms. The summed E-state index contributed by atoms with van der Waals surface area (Å²) in [5.41, 5.74) is 0.603. The summed E-state index contributed by atoms with van der Waals surface area (Å²) in [6, 6.07) is 13.6. The van der Waals surface area contributed by atoms with E-state index in [4.69, 9.17) is 32.7 Å². The predicted molar refractivity (Wildman–Crippen MR) is 191 cm³/mol. The number of phosphoric ester groups is 1. The van der Waals surface area contributed by atoms with Crippen LogP contribution < -0.4 is 9.47 Å². The molecule has 1 N–H and O–H groups in total. The number of carbonyl (C=O) groups excluding carboxylic acids is 2. The fourth-order valence-corrected chi connectivity index (χ4v) is 8.42. The number of fused-ring (bicyclic) bond motifs is 2. The van der Waals surface area contributed by atoms with Crippen LogP contribution in [0.3, 0.4) is 0 Å². The van der Waals surface area contributed by atoms with Gasteiger partial charge in [-0.3, -0.25) is 18.6 Å². The molecule has 290 valence electrons. The number of amides is 2. The Labute approximate surface area is 315 Å². The monoisotopic (exact) mass is 766 g/mol. The molecule has 2 amide bonds. The molecule has 0 aromatic heterocycles. The molecule has 5 unspecified atom stereocenters. The van der Waals surface area contributed by atoms with Crippen LogP contribution in [0, 0.1) is 22.7 Å². The molecule has 0 bridgehead atoms. The summed E-state index contributed by atoms with van der Waals surface area (Å²) < 4.78 is 53.6. The van der Waals surface area contributed by atoms with Gasteiger partial charge >= 0.3 is 7.82 Å². The number of hydrogen-bond acceptors (Lipinski definition) is 12. The normalized spacial score (nSPS) is 25.2. The van der Waals surface area contributed by atoms with Gasteiger partial charge in [-0.25, -0.2) is 4.57 Å². The Morgan fingerprint density at radius 1 is 0.741 bits per heavy atom. The highest BCUT2D eigenvalue weighted by atomic mass is 31.2. The number of phosphoric acid groups is 1. The first kappa shape index (κ1) is 39.6. The zero-order chi connectivity index (χ0) is 38.7. The largest absolute Gasteiger partial charge is 0.485 e. The lowest BCUT2D eigenvalue weighted by molar-refractivity contribution is -0.152. The third kappa shape index (κ3) is 8.59. The van der Waals surface area contributed by atoms with Crippen LogP contribution in [0.2, 0.25) is 0 Å². The number of nitrogens with zero attached hydrogens (tertiary/aromatic N) is 4. The molecule has 2 aromatic rings. The van der Waals surface area contributed by atoms with E-state index in [1.165, 1.54) is 0 Å². The lowest BCUT2D eigenvalue weighted by Gasteiger charge is -2.47. The van der Waals surface area contributed by atoms with Crippen molar-refractivity contribution in [2.24, 2.45) is 0 Å². The Balaban J connectivity index is 0.969. The average Bonchev–Trinajstić information content (AvgIpc) is 3.75. The minimum atomic E-state index is -4.46. The Bertz CT molecular complexity index is 1860. The Morgan fingerprint density at radius 3 is 1.59 bits per heavy atom. The zero-order valence-corrected chi connectivity index (χ0v) is 31.9. The van der Waals surface area contributed by atoms with E-state index in [1.807, 2.05) is 27.7 Å². The number of ether oxygens (including phenoxy) is 5. The van der Waals surface area contributed by atoms with Crippen LogP contribution in [0.25, 0.3) is 0 Å². The first-order valence-corrected chi connectivity index (χ1v) is 19.7. The summed E-state index contributed by atoms with van der Waals surface area (Å²) in [7, 11) is -4.46. The molecule has 0 radical (unpaired) electrons. The van der Waals surface area contributed by atoms with E-state index in [2.05, 4.69) is 12.1 Å². The van der Waals surface area contributed by atoms with E-state index in [0.717, 1.165) is 12.0 Å². The van der Waals surface area contributed by atoms with Crippen molar-refractivity contribution in [2.75, 3.05) is 52.7 Å². The van der Waals surface area contributed by atoms with E-state index in [9.17, 15) is 29.6 Å². The second-order valence-electron chi connectivity index (χ2n) is 14.7. The molecule has 6 rings (SSSR count). The van der Waals surface area contributed by atoms with Crippen molar-refractivity contribution >= 4 is 19.6 Å². The summed E-state index contributed by atoms with van der Waals surface area (Å²) in [5.74, 6) is 1.17. The molecule has 5 atom stereocenters. The molecule has 4 heterocycles. The van der Waals surface area contributed by atoms with E-state index < -0.39 is 43.3 Å². The lowest BCUT2D eigenvalue weighted by Crippen LogP contribution is -2.55. The maximum Gasteiger partial charge on any atom is 0.472 e. The van der Waals surface area contributed by atoms with Crippen molar-refractivity contribution in [1.82, 2.24) is 9.80 Å². The number of benzene rings is 2. The van der Waals surface area contributed by atoms with Gasteiger partial charge in [-0.2, -0.15) is 10.5 Å². The summed E-state index contributed by atoms with van der Waals surface area (Å²) in [5, 5.41) is 19.0. The Morgan fingerprint density at radius 2 is 1.17 bits per heavy atom. The molecular formula is C38H47N4O11P. The molecule has 15 nitrogen and oxygen atoms in total. The minimum absolute atomic E-state index is 0.0192. The van der Waals surface area contributed by atoms with Gasteiger partial charge in [-0.1, -0.05) is 0 Å². The van der Waals surface area contributed by atoms with Crippen LogP contribution >= 0.6 is 7.82 Å². The topological polar surface area (TPSA) is 190 Å². The van der Waals surface area contributed by atoms with Gasteiger partial charge in [0, 0.05) is 37.1 Å². The van der Waals surface area contributed by atoms with Crippen LogP contribution in [0.1, 0.15) is 87.7 Å². The van der Waals surface area contributed by atoms with Gasteiger partial charge in [0.25, 0.3) is 0 Å². The lowest BCUT2D eigenvalue weighted by atomic mass is 9.84. The standard InChI is InChI=1S/C38H47N4O11P/c1-37(2)35(33(41-13-5-7-31(41)43)27-21-25(23-39)9-11-29(27)52-37)48-17-15-47-16-19-50-54(45,46)51-20-18-49-36-34(42-14-6-8-32(42)44)28-22-26(24-40)10-12-30(28)53-38(36,3)4/h9-12,21-22,33-36H,5-8,13-20H2,1-4H3,(H,45,46). The van der Waals surface area contributed by atoms with Crippen LogP contribution in [0.5, 0.6) is 11.5 Å². The van der Waals surface area contributed by atoms with Gasteiger partial charge in [0.05, 0.1) is 75.0 Å². The second kappa shape index (κ2) is 16.4. The number of likely N-dealkylation sites (tertiary alicyclic amines) is 2. The first-order chi connectivity index (χ1) is 25.7. The molecule has 4 aliphatic rings. The van der Waals surface area contributed by atoms with Crippen LogP contribution in [0.4, 0.5) is 0 Å². The van der Waals surface area contributed by atoms with Gasteiger partial charge < -0.3 is 38.4 Å². The van der Waals surface area contributed by atoms with Crippen LogP contribution in [0.15, 0.2) is 36.4 Å². The van der Waals surface area contributed by atoms with Crippen LogP contribution in [-0.4, -0.2) is 103 Å². The molecule has 16 heteroatoms. The van der Waals surface area contributed by atoms with Crippen molar-refractivity contribution < 1.29 is 51.8 Å².